The zero-order valence-corrected chi connectivity index (χ0v) is 21.9. The number of alkyl halides is 3. The van der Waals surface area contributed by atoms with Gasteiger partial charge in [-0.05, 0) is 67.9 Å². The van der Waals surface area contributed by atoms with E-state index in [1.165, 1.54) is 5.57 Å². The van der Waals surface area contributed by atoms with Gasteiger partial charge in [0.15, 0.2) is 18.2 Å². The Morgan fingerprint density at radius 1 is 1.14 bits per heavy atom. The molecule has 4 nitrogen and oxygen atoms in total. The van der Waals surface area contributed by atoms with Crippen molar-refractivity contribution < 1.29 is 32.3 Å². The Kier molecular flexibility index (Phi) is 8.99. The van der Waals surface area contributed by atoms with Gasteiger partial charge in [-0.15, -0.1) is 0 Å². The average Bonchev–Trinajstić information content (AvgIpc) is 3.09. The minimum Gasteiger partial charge on any atom is -0.451 e. The molecule has 0 aromatic rings. The van der Waals surface area contributed by atoms with Crippen LogP contribution in [0.4, 0.5) is 13.2 Å². The lowest BCUT2D eigenvalue weighted by molar-refractivity contribution is -0.200. The van der Waals surface area contributed by atoms with Crippen LogP contribution < -0.4 is 0 Å². The molecule has 0 saturated heterocycles. The monoisotopic (exact) mass is 496 g/mol. The highest BCUT2D eigenvalue weighted by Crippen LogP contribution is 2.65. The quantitative estimate of drug-likeness (QED) is 0.318. The Bertz CT molecular complexity index is 929. The Morgan fingerprint density at radius 2 is 1.77 bits per heavy atom. The Labute approximate surface area is 207 Å². The molecule has 35 heavy (non-hydrogen) atoms. The summed E-state index contributed by atoms with van der Waals surface area (Å²) in [6, 6.07) is 0. The van der Waals surface area contributed by atoms with E-state index in [-0.39, 0.29) is 34.4 Å². The van der Waals surface area contributed by atoms with Gasteiger partial charge in [0.25, 0.3) is 0 Å². The fourth-order valence-corrected chi connectivity index (χ4v) is 6.88. The van der Waals surface area contributed by atoms with Crippen molar-refractivity contribution in [1.29, 1.82) is 0 Å². The number of carbonyl (C=O) groups is 3. The van der Waals surface area contributed by atoms with Crippen LogP contribution in [0.3, 0.4) is 0 Å². The standard InChI is InChI=1S/C24H27F3O4.2C2H6/c1-13-10-18-16-5-4-14-11-15(28)6-8-22(14,2)17(16)7-9-23(18,3)20(13)19(29)12-31-21(30)24(25,26)27;2*1-2/h6-8,11,13,16,18,20H,4-5,9-10,12H2,1-3H3;2*1-2H3/t13-,16?,18?,20?,22+,23+;;/m1../s1. The Morgan fingerprint density at radius 3 is 2.37 bits per heavy atom. The first-order chi connectivity index (χ1) is 16.4. The van der Waals surface area contributed by atoms with Crippen LogP contribution in [0.2, 0.25) is 0 Å². The van der Waals surface area contributed by atoms with Crippen molar-refractivity contribution in [3.8, 4) is 0 Å². The van der Waals surface area contributed by atoms with Crippen molar-refractivity contribution in [1.82, 2.24) is 0 Å². The van der Waals surface area contributed by atoms with Crippen molar-refractivity contribution in [2.45, 2.75) is 80.3 Å². The molecule has 0 aromatic carbocycles. The van der Waals surface area contributed by atoms with Gasteiger partial charge in [0.2, 0.25) is 0 Å². The summed E-state index contributed by atoms with van der Waals surface area (Å²) in [5.41, 5.74) is 1.75. The number of hydrogen-bond acceptors (Lipinski definition) is 4. The molecule has 6 atom stereocenters. The summed E-state index contributed by atoms with van der Waals surface area (Å²) in [5.74, 6) is -2.72. The number of rotatable bonds is 3. The number of ketones is 2. The zero-order chi connectivity index (χ0) is 26.8. The number of fused-ring (bicyclic) bond motifs is 5. The van der Waals surface area contributed by atoms with Crippen LogP contribution in [0.5, 0.6) is 0 Å². The maximum atomic E-state index is 12.9. The molecule has 2 fully saturated rings. The Balaban J connectivity index is 0.00000103. The molecule has 0 heterocycles. The van der Waals surface area contributed by atoms with E-state index < -0.39 is 30.5 Å². The highest BCUT2D eigenvalue weighted by atomic mass is 19.4. The Hall–Kier alpha value is -2.18. The van der Waals surface area contributed by atoms with Gasteiger partial charge in [-0.1, -0.05) is 64.8 Å². The molecule has 3 unspecified atom stereocenters. The van der Waals surface area contributed by atoms with Crippen LogP contribution in [0.25, 0.3) is 0 Å². The second-order valence-electron chi connectivity index (χ2n) is 9.96. The summed E-state index contributed by atoms with van der Waals surface area (Å²) in [5, 5.41) is 0. The van der Waals surface area contributed by atoms with Crippen LogP contribution in [-0.4, -0.2) is 30.3 Å². The first-order valence-corrected chi connectivity index (χ1v) is 12.8. The minimum absolute atomic E-state index is 0.00643. The third-order valence-electron chi connectivity index (χ3n) is 8.21. The highest BCUT2D eigenvalue weighted by Gasteiger charge is 2.59. The smallest absolute Gasteiger partial charge is 0.451 e. The van der Waals surface area contributed by atoms with Crippen LogP contribution in [-0.2, 0) is 19.1 Å². The topological polar surface area (TPSA) is 60.4 Å². The van der Waals surface area contributed by atoms with Crippen molar-refractivity contribution in [2.75, 3.05) is 6.61 Å². The summed E-state index contributed by atoms with van der Waals surface area (Å²) in [4.78, 5) is 35.8. The van der Waals surface area contributed by atoms with Crippen LogP contribution in [0.1, 0.15) is 74.1 Å². The number of allylic oxidation sites excluding steroid dienone is 6. The van der Waals surface area contributed by atoms with Gasteiger partial charge in [-0.25, -0.2) is 4.79 Å². The van der Waals surface area contributed by atoms with Crippen molar-refractivity contribution in [3.05, 3.63) is 35.5 Å². The van der Waals surface area contributed by atoms with E-state index in [0.717, 1.165) is 24.8 Å². The second-order valence-corrected chi connectivity index (χ2v) is 9.96. The summed E-state index contributed by atoms with van der Waals surface area (Å²) in [6.07, 6.45) is 5.60. The predicted octanol–water partition coefficient (Wildman–Crippen LogP) is 6.80. The van der Waals surface area contributed by atoms with E-state index in [4.69, 9.17) is 0 Å². The third kappa shape index (κ3) is 5.19. The first kappa shape index (κ1) is 29.1. The first-order valence-electron chi connectivity index (χ1n) is 12.8. The molecule has 0 radical (unpaired) electrons. The summed E-state index contributed by atoms with van der Waals surface area (Å²) >= 11 is 0. The molecule has 2 saturated carbocycles. The largest absolute Gasteiger partial charge is 0.490 e. The molecule has 0 aromatic heterocycles. The molecule has 0 aliphatic heterocycles. The van der Waals surface area contributed by atoms with Crippen LogP contribution in [0.15, 0.2) is 35.5 Å². The van der Waals surface area contributed by atoms with Crippen LogP contribution in [0, 0.1) is 34.5 Å². The molecule has 0 spiro atoms. The van der Waals surface area contributed by atoms with Gasteiger partial charge in [-0.2, -0.15) is 13.2 Å². The van der Waals surface area contributed by atoms with E-state index in [2.05, 4.69) is 24.7 Å². The number of esters is 1. The van der Waals surface area contributed by atoms with Crippen molar-refractivity contribution >= 4 is 17.5 Å². The molecular weight excluding hydrogens is 457 g/mol. The van der Waals surface area contributed by atoms with Gasteiger partial charge in [0.1, 0.15) is 0 Å². The number of halogens is 3. The summed E-state index contributed by atoms with van der Waals surface area (Å²) < 4.78 is 41.6. The molecule has 4 rings (SSSR count). The maximum absolute atomic E-state index is 12.9. The van der Waals surface area contributed by atoms with Crippen LogP contribution >= 0.6 is 0 Å². The SMILES string of the molecule is CC.CC.C[C@@H]1CC2C3CCC4=CC(=O)C=C[C@]4(C)C3=CC[C@]2(C)C1C(=O)COC(=O)C(F)(F)F. The molecule has 0 amide bonds. The highest BCUT2D eigenvalue weighted by molar-refractivity contribution is 6.01. The zero-order valence-electron chi connectivity index (χ0n) is 21.9. The molecule has 7 heteroatoms. The lowest BCUT2D eigenvalue weighted by atomic mass is 9.52. The molecule has 4 aliphatic rings. The van der Waals surface area contributed by atoms with Gasteiger partial charge in [-0.3, -0.25) is 9.59 Å². The van der Waals surface area contributed by atoms with E-state index in [0.29, 0.717) is 6.42 Å². The average molecular weight is 497 g/mol. The lowest BCUT2D eigenvalue weighted by Crippen LogP contribution is -2.45. The van der Waals surface area contributed by atoms with Gasteiger partial charge < -0.3 is 4.74 Å². The molecule has 0 N–H and O–H groups in total. The number of Topliss-reactive ketones (excluding diaryl/α,β-unsaturated/α-hetero) is 1. The van der Waals surface area contributed by atoms with Crippen molar-refractivity contribution in [2.24, 2.45) is 34.5 Å². The second kappa shape index (κ2) is 10.8. The number of hydrogen-bond donors (Lipinski definition) is 0. The van der Waals surface area contributed by atoms with Crippen molar-refractivity contribution in [3.63, 3.8) is 0 Å². The molecular formula is C28H39F3O4. The fraction of sp³-hybridized carbons (Fsp3) is 0.679. The summed E-state index contributed by atoms with van der Waals surface area (Å²) in [7, 11) is 0. The maximum Gasteiger partial charge on any atom is 0.490 e. The van der Waals surface area contributed by atoms with E-state index >= 15 is 0 Å². The lowest BCUT2D eigenvalue weighted by Gasteiger charge is -2.52. The number of ether oxygens (including phenoxy) is 1. The van der Waals surface area contributed by atoms with E-state index in [1.54, 1.807) is 12.2 Å². The molecule has 0 bridgehead atoms. The van der Waals surface area contributed by atoms with Gasteiger partial charge in [0, 0.05) is 11.3 Å². The van der Waals surface area contributed by atoms with Gasteiger partial charge in [0.05, 0.1) is 0 Å². The van der Waals surface area contributed by atoms with E-state index in [9.17, 15) is 27.6 Å². The molecule has 4 aliphatic carbocycles. The van der Waals surface area contributed by atoms with E-state index in [1.807, 2.05) is 40.7 Å². The third-order valence-corrected chi connectivity index (χ3v) is 8.21. The normalized spacial score (nSPS) is 35.0. The van der Waals surface area contributed by atoms with Gasteiger partial charge >= 0.3 is 12.1 Å². The summed E-state index contributed by atoms with van der Waals surface area (Å²) in [6.45, 7) is 13.3. The minimum atomic E-state index is -5.10. The number of carbonyl (C=O) groups excluding carboxylic acids is 3. The fourth-order valence-electron chi connectivity index (χ4n) is 6.88. The molecule has 196 valence electrons. The predicted molar refractivity (Wildman–Crippen MR) is 129 cm³/mol.